The van der Waals surface area contributed by atoms with Crippen molar-refractivity contribution in [1.29, 1.82) is 0 Å². The number of aliphatic hydroxyl groups excluding tert-OH is 2. The van der Waals surface area contributed by atoms with Crippen molar-refractivity contribution in [2.45, 2.75) is 45.3 Å². The molecule has 0 aliphatic heterocycles. The van der Waals surface area contributed by atoms with E-state index in [2.05, 4.69) is 6.92 Å². The van der Waals surface area contributed by atoms with Crippen LogP contribution in [0.1, 0.15) is 33.1 Å². The average Bonchev–Trinajstić information content (AvgIpc) is 1.97. The van der Waals surface area contributed by atoms with Crippen LogP contribution in [0.5, 0.6) is 0 Å². The molecule has 0 fully saturated rings. The number of rotatable bonds is 5. The standard InChI is InChI=1S/C9H18O2/c1-3-4-5-9(11)7-6-8(2)10/h6-11H,3-5H2,1-2H3/b7-6+/t8-,9+/m1/s1. The van der Waals surface area contributed by atoms with Crippen LogP contribution in [0.15, 0.2) is 12.2 Å². The van der Waals surface area contributed by atoms with E-state index in [1.54, 1.807) is 19.1 Å². The zero-order chi connectivity index (χ0) is 8.69. The summed E-state index contributed by atoms with van der Waals surface area (Å²) in [6.45, 7) is 3.76. The molecule has 0 radical (unpaired) electrons. The minimum absolute atomic E-state index is 0.385. The molecular formula is C9H18O2. The van der Waals surface area contributed by atoms with Gasteiger partial charge in [0, 0.05) is 0 Å². The lowest BCUT2D eigenvalue weighted by Gasteiger charge is -2.03. The van der Waals surface area contributed by atoms with E-state index in [9.17, 15) is 5.11 Å². The zero-order valence-corrected chi connectivity index (χ0v) is 7.33. The van der Waals surface area contributed by atoms with E-state index in [-0.39, 0.29) is 6.10 Å². The monoisotopic (exact) mass is 158 g/mol. The highest BCUT2D eigenvalue weighted by atomic mass is 16.3. The summed E-state index contributed by atoms with van der Waals surface area (Å²) in [5.41, 5.74) is 0. The Balaban J connectivity index is 3.42. The van der Waals surface area contributed by atoms with E-state index in [1.807, 2.05) is 0 Å². The summed E-state index contributed by atoms with van der Waals surface area (Å²) in [5, 5.41) is 18.1. The highest BCUT2D eigenvalue weighted by Gasteiger charge is 1.97. The van der Waals surface area contributed by atoms with Gasteiger partial charge in [-0.1, -0.05) is 31.9 Å². The molecule has 0 bridgehead atoms. The van der Waals surface area contributed by atoms with Crippen LogP contribution in [0.25, 0.3) is 0 Å². The average molecular weight is 158 g/mol. The second-order valence-corrected chi connectivity index (χ2v) is 2.84. The molecule has 0 heterocycles. The molecule has 11 heavy (non-hydrogen) atoms. The topological polar surface area (TPSA) is 40.5 Å². The predicted molar refractivity (Wildman–Crippen MR) is 46.4 cm³/mol. The minimum atomic E-state index is -0.453. The van der Waals surface area contributed by atoms with Crippen molar-refractivity contribution in [1.82, 2.24) is 0 Å². The molecule has 0 aromatic heterocycles. The summed E-state index contributed by atoms with van der Waals surface area (Å²) in [4.78, 5) is 0. The van der Waals surface area contributed by atoms with Crippen molar-refractivity contribution < 1.29 is 10.2 Å². The molecule has 0 amide bonds. The van der Waals surface area contributed by atoms with Crippen molar-refractivity contribution in [3.8, 4) is 0 Å². The van der Waals surface area contributed by atoms with E-state index in [0.717, 1.165) is 19.3 Å². The molecule has 0 aromatic carbocycles. The molecule has 66 valence electrons. The Labute approximate surface area is 68.6 Å². The molecule has 2 atom stereocenters. The van der Waals surface area contributed by atoms with E-state index in [1.165, 1.54) is 0 Å². The molecule has 0 rings (SSSR count). The summed E-state index contributed by atoms with van der Waals surface area (Å²) in [7, 11) is 0. The van der Waals surface area contributed by atoms with Gasteiger partial charge in [-0.25, -0.2) is 0 Å². The molecule has 0 spiro atoms. The summed E-state index contributed by atoms with van der Waals surface area (Å²) in [6, 6.07) is 0. The van der Waals surface area contributed by atoms with Crippen LogP contribution in [0, 0.1) is 0 Å². The quantitative estimate of drug-likeness (QED) is 0.595. The molecule has 0 aromatic rings. The number of hydrogen-bond donors (Lipinski definition) is 2. The van der Waals surface area contributed by atoms with Gasteiger partial charge in [0.1, 0.15) is 0 Å². The fourth-order valence-corrected chi connectivity index (χ4v) is 0.799. The van der Waals surface area contributed by atoms with E-state index >= 15 is 0 Å². The summed E-state index contributed by atoms with van der Waals surface area (Å²) < 4.78 is 0. The smallest absolute Gasteiger partial charge is 0.0721 e. The van der Waals surface area contributed by atoms with Crippen LogP contribution in [-0.2, 0) is 0 Å². The Morgan fingerprint density at radius 3 is 2.36 bits per heavy atom. The highest BCUT2D eigenvalue weighted by Crippen LogP contribution is 2.01. The van der Waals surface area contributed by atoms with Crippen molar-refractivity contribution in [2.75, 3.05) is 0 Å². The first kappa shape index (κ1) is 10.7. The van der Waals surface area contributed by atoms with E-state index < -0.39 is 6.10 Å². The number of aliphatic hydroxyl groups is 2. The molecule has 0 saturated carbocycles. The van der Waals surface area contributed by atoms with Crippen LogP contribution < -0.4 is 0 Å². The molecular weight excluding hydrogens is 140 g/mol. The van der Waals surface area contributed by atoms with E-state index in [4.69, 9.17) is 5.11 Å². The maximum Gasteiger partial charge on any atom is 0.0721 e. The SMILES string of the molecule is CCCC[C@H](O)/C=C/[C@@H](C)O. The molecule has 2 N–H and O–H groups in total. The third-order valence-corrected chi connectivity index (χ3v) is 1.47. The maximum absolute atomic E-state index is 9.23. The zero-order valence-electron chi connectivity index (χ0n) is 7.33. The maximum atomic E-state index is 9.23. The third kappa shape index (κ3) is 7.56. The van der Waals surface area contributed by atoms with Crippen LogP contribution in [0.3, 0.4) is 0 Å². The van der Waals surface area contributed by atoms with Crippen molar-refractivity contribution in [2.24, 2.45) is 0 Å². The van der Waals surface area contributed by atoms with Gasteiger partial charge in [0.15, 0.2) is 0 Å². The van der Waals surface area contributed by atoms with Crippen LogP contribution in [0.2, 0.25) is 0 Å². The second-order valence-electron chi connectivity index (χ2n) is 2.84. The molecule has 0 aliphatic carbocycles. The van der Waals surface area contributed by atoms with Gasteiger partial charge in [-0.2, -0.15) is 0 Å². The van der Waals surface area contributed by atoms with Gasteiger partial charge in [0.25, 0.3) is 0 Å². The number of hydrogen-bond acceptors (Lipinski definition) is 2. The van der Waals surface area contributed by atoms with Gasteiger partial charge in [-0.15, -0.1) is 0 Å². The molecule has 2 nitrogen and oxygen atoms in total. The fraction of sp³-hybridized carbons (Fsp3) is 0.778. The van der Waals surface area contributed by atoms with Gasteiger partial charge in [-0.3, -0.25) is 0 Å². The normalized spacial score (nSPS) is 17.1. The van der Waals surface area contributed by atoms with Crippen LogP contribution >= 0.6 is 0 Å². The Hall–Kier alpha value is -0.340. The Bertz CT molecular complexity index is 108. The summed E-state index contributed by atoms with van der Waals surface area (Å²) in [6.07, 6.45) is 5.35. The molecule has 2 heteroatoms. The van der Waals surface area contributed by atoms with Gasteiger partial charge in [0.2, 0.25) is 0 Å². The summed E-state index contributed by atoms with van der Waals surface area (Å²) >= 11 is 0. The molecule has 0 saturated heterocycles. The lowest BCUT2D eigenvalue weighted by atomic mass is 10.1. The highest BCUT2D eigenvalue weighted by molar-refractivity contribution is 4.91. The van der Waals surface area contributed by atoms with Crippen LogP contribution in [-0.4, -0.2) is 22.4 Å². The first-order valence-corrected chi connectivity index (χ1v) is 4.21. The van der Waals surface area contributed by atoms with Crippen molar-refractivity contribution in [3.63, 3.8) is 0 Å². The lowest BCUT2D eigenvalue weighted by molar-refractivity contribution is 0.203. The minimum Gasteiger partial charge on any atom is -0.389 e. The van der Waals surface area contributed by atoms with E-state index in [0.29, 0.717) is 0 Å². The van der Waals surface area contributed by atoms with Gasteiger partial charge in [0.05, 0.1) is 12.2 Å². The first-order chi connectivity index (χ1) is 5.16. The van der Waals surface area contributed by atoms with Gasteiger partial charge in [-0.05, 0) is 13.3 Å². The predicted octanol–water partition coefficient (Wildman–Crippen LogP) is 1.47. The second kappa shape index (κ2) is 6.38. The largest absolute Gasteiger partial charge is 0.389 e. The molecule has 0 unspecified atom stereocenters. The third-order valence-electron chi connectivity index (χ3n) is 1.47. The Morgan fingerprint density at radius 1 is 1.27 bits per heavy atom. The number of unbranched alkanes of at least 4 members (excludes halogenated alkanes) is 1. The Morgan fingerprint density at radius 2 is 1.91 bits per heavy atom. The van der Waals surface area contributed by atoms with Crippen molar-refractivity contribution in [3.05, 3.63) is 12.2 Å². The van der Waals surface area contributed by atoms with Crippen molar-refractivity contribution >= 4 is 0 Å². The van der Waals surface area contributed by atoms with Crippen LogP contribution in [0.4, 0.5) is 0 Å². The lowest BCUT2D eigenvalue weighted by Crippen LogP contribution is -2.03. The van der Waals surface area contributed by atoms with Gasteiger partial charge < -0.3 is 10.2 Å². The Kier molecular flexibility index (Phi) is 6.18. The first-order valence-electron chi connectivity index (χ1n) is 4.21. The molecule has 0 aliphatic rings. The van der Waals surface area contributed by atoms with Gasteiger partial charge >= 0.3 is 0 Å². The fourth-order valence-electron chi connectivity index (χ4n) is 0.799. The summed E-state index contributed by atoms with van der Waals surface area (Å²) in [5.74, 6) is 0.